The zero-order chi connectivity index (χ0) is 14.0. The van der Waals surface area contributed by atoms with Gasteiger partial charge in [0.1, 0.15) is 5.56 Å². The molecule has 0 bridgehead atoms. The molecule has 104 valence electrons. The fraction of sp³-hybridized carbons (Fsp3) is 0.500. The molecule has 0 spiro atoms. The van der Waals surface area contributed by atoms with E-state index in [0.717, 1.165) is 12.0 Å². The number of hydrogen-bond acceptors (Lipinski definition) is 4. The van der Waals surface area contributed by atoms with Crippen molar-refractivity contribution in [3.8, 4) is 11.5 Å². The van der Waals surface area contributed by atoms with E-state index in [1.54, 1.807) is 13.2 Å². The van der Waals surface area contributed by atoms with Crippen LogP contribution in [0.3, 0.4) is 0 Å². The van der Waals surface area contributed by atoms with Gasteiger partial charge in [-0.2, -0.15) is 0 Å². The average Bonchev–Trinajstić information content (AvgIpc) is 2.74. The lowest BCUT2D eigenvalue weighted by atomic mass is 10.1. The lowest BCUT2D eigenvalue weighted by Gasteiger charge is -2.14. The minimum atomic E-state index is -0.352. The van der Waals surface area contributed by atoms with Crippen LogP contribution >= 0.6 is 0 Å². The maximum atomic E-state index is 12.0. The van der Waals surface area contributed by atoms with Gasteiger partial charge < -0.3 is 19.5 Å². The highest BCUT2D eigenvalue weighted by Gasteiger charge is 2.38. The number of rotatable bonds is 5. The summed E-state index contributed by atoms with van der Waals surface area (Å²) in [5.74, 6) is 0.641. The Kier molecular flexibility index (Phi) is 3.95. The SMILES string of the molecule is CC[C@@H](C)[NH2+][C@H]1OC(=O)c2c1ccc(OC)c2OC. The molecule has 0 aliphatic carbocycles. The van der Waals surface area contributed by atoms with Crippen LogP contribution in [0.1, 0.15) is 42.4 Å². The molecule has 0 saturated carbocycles. The Labute approximate surface area is 112 Å². The third-order valence-electron chi connectivity index (χ3n) is 3.47. The molecule has 0 amide bonds. The van der Waals surface area contributed by atoms with E-state index in [-0.39, 0.29) is 12.2 Å². The second-order valence-electron chi connectivity index (χ2n) is 4.67. The maximum Gasteiger partial charge on any atom is 0.347 e. The van der Waals surface area contributed by atoms with E-state index in [2.05, 4.69) is 19.2 Å². The number of carbonyl (C=O) groups is 1. The summed E-state index contributed by atoms with van der Waals surface area (Å²) in [5, 5.41) is 2.05. The van der Waals surface area contributed by atoms with Crippen LogP contribution in [-0.2, 0) is 4.74 Å². The second-order valence-corrected chi connectivity index (χ2v) is 4.67. The molecule has 1 aromatic carbocycles. The monoisotopic (exact) mass is 266 g/mol. The number of cyclic esters (lactones) is 1. The van der Waals surface area contributed by atoms with Crippen LogP contribution < -0.4 is 14.8 Å². The van der Waals surface area contributed by atoms with Crippen molar-refractivity contribution in [2.24, 2.45) is 0 Å². The van der Waals surface area contributed by atoms with Crippen LogP contribution in [0, 0.1) is 0 Å². The summed E-state index contributed by atoms with van der Waals surface area (Å²) in [7, 11) is 3.07. The highest BCUT2D eigenvalue weighted by molar-refractivity contribution is 5.97. The van der Waals surface area contributed by atoms with Crippen LogP contribution in [0.15, 0.2) is 12.1 Å². The van der Waals surface area contributed by atoms with Crippen LogP contribution in [-0.4, -0.2) is 26.2 Å². The van der Waals surface area contributed by atoms with E-state index >= 15 is 0 Å². The van der Waals surface area contributed by atoms with E-state index in [0.29, 0.717) is 23.1 Å². The Balaban J connectivity index is 2.40. The highest BCUT2D eigenvalue weighted by Crippen LogP contribution is 2.39. The van der Waals surface area contributed by atoms with Crippen molar-refractivity contribution in [1.82, 2.24) is 0 Å². The summed E-state index contributed by atoms with van der Waals surface area (Å²) in [6.45, 7) is 4.21. The molecule has 19 heavy (non-hydrogen) atoms. The van der Waals surface area contributed by atoms with Crippen molar-refractivity contribution in [3.05, 3.63) is 23.3 Å². The van der Waals surface area contributed by atoms with E-state index in [9.17, 15) is 4.79 Å². The quantitative estimate of drug-likeness (QED) is 0.814. The molecule has 1 aliphatic heterocycles. The molecular formula is C14H20NO4+. The summed E-state index contributed by atoms with van der Waals surface area (Å²) in [6.07, 6.45) is 0.716. The van der Waals surface area contributed by atoms with Gasteiger partial charge in [0, 0.05) is 0 Å². The van der Waals surface area contributed by atoms with Gasteiger partial charge in [-0.1, -0.05) is 6.92 Å². The van der Waals surface area contributed by atoms with E-state index < -0.39 is 0 Å². The Morgan fingerprint density at radius 2 is 2.11 bits per heavy atom. The van der Waals surface area contributed by atoms with Gasteiger partial charge in [0.15, 0.2) is 11.5 Å². The number of benzene rings is 1. The first-order valence-corrected chi connectivity index (χ1v) is 6.43. The molecule has 5 heteroatoms. The Hall–Kier alpha value is -1.75. The van der Waals surface area contributed by atoms with E-state index in [1.807, 2.05) is 6.07 Å². The molecular weight excluding hydrogens is 246 g/mol. The first kappa shape index (κ1) is 13.7. The first-order valence-electron chi connectivity index (χ1n) is 6.43. The second kappa shape index (κ2) is 5.48. The van der Waals surface area contributed by atoms with Crippen LogP contribution in [0.5, 0.6) is 11.5 Å². The fourth-order valence-corrected chi connectivity index (χ4v) is 2.20. The van der Waals surface area contributed by atoms with E-state index in [4.69, 9.17) is 14.2 Å². The van der Waals surface area contributed by atoms with Crippen molar-refractivity contribution in [1.29, 1.82) is 0 Å². The highest BCUT2D eigenvalue weighted by atomic mass is 16.6. The summed E-state index contributed by atoms with van der Waals surface area (Å²) in [6, 6.07) is 4.05. The predicted octanol–water partition coefficient (Wildman–Crippen LogP) is 1.23. The molecule has 2 N–H and O–H groups in total. The molecule has 5 nitrogen and oxygen atoms in total. The largest absolute Gasteiger partial charge is 0.493 e. The first-order chi connectivity index (χ1) is 9.12. The lowest BCUT2D eigenvalue weighted by Crippen LogP contribution is -2.90. The molecule has 2 atom stereocenters. The van der Waals surface area contributed by atoms with Gasteiger partial charge in [0.05, 0.1) is 25.8 Å². The van der Waals surface area contributed by atoms with Crippen LogP contribution in [0.4, 0.5) is 0 Å². The summed E-state index contributed by atoms with van der Waals surface area (Å²) < 4.78 is 15.9. The van der Waals surface area contributed by atoms with Gasteiger partial charge in [-0.3, -0.25) is 0 Å². The van der Waals surface area contributed by atoms with Crippen LogP contribution in [0.2, 0.25) is 0 Å². The molecule has 1 aliphatic rings. The minimum Gasteiger partial charge on any atom is -0.493 e. The van der Waals surface area contributed by atoms with Crippen molar-refractivity contribution >= 4 is 5.97 Å². The zero-order valence-electron chi connectivity index (χ0n) is 11.7. The lowest BCUT2D eigenvalue weighted by molar-refractivity contribution is -0.754. The number of carbonyl (C=O) groups excluding carboxylic acids is 1. The van der Waals surface area contributed by atoms with Gasteiger partial charge >= 0.3 is 5.97 Å². The fourth-order valence-electron chi connectivity index (χ4n) is 2.20. The number of nitrogens with two attached hydrogens (primary N) is 1. The normalized spacial score (nSPS) is 18.7. The van der Waals surface area contributed by atoms with Gasteiger partial charge in [-0.15, -0.1) is 0 Å². The van der Waals surface area contributed by atoms with E-state index in [1.165, 1.54) is 7.11 Å². The number of ether oxygens (including phenoxy) is 3. The molecule has 2 rings (SSSR count). The maximum absolute atomic E-state index is 12.0. The van der Waals surface area contributed by atoms with Crippen molar-refractivity contribution in [2.75, 3.05) is 14.2 Å². The van der Waals surface area contributed by atoms with Crippen LogP contribution in [0.25, 0.3) is 0 Å². The Morgan fingerprint density at radius 3 is 2.68 bits per heavy atom. The molecule has 1 aromatic rings. The van der Waals surface area contributed by atoms with Gasteiger partial charge in [0.2, 0.25) is 0 Å². The smallest absolute Gasteiger partial charge is 0.347 e. The van der Waals surface area contributed by atoms with Gasteiger partial charge in [0.25, 0.3) is 6.23 Å². The Morgan fingerprint density at radius 1 is 1.37 bits per heavy atom. The average molecular weight is 266 g/mol. The minimum absolute atomic E-state index is 0.294. The number of methoxy groups -OCH3 is 2. The molecule has 0 unspecified atom stereocenters. The molecule has 0 fully saturated rings. The standard InChI is InChI=1S/C14H19NO4/c1-5-8(2)15-13-9-6-7-10(17-3)12(18-4)11(9)14(16)19-13/h6-8,13,15H,5H2,1-4H3/p+1/t8-,13+/m1/s1. The molecule has 1 heterocycles. The molecule has 0 radical (unpaired) electrons. The number of quaternary nitrogens is 1. The van der Waals surface area contributed by atoms with Crippen molar-refractivity contribution < 1.29 is 24.3 Å². The number of fused-ring (bicyclic) bond motifs is 1. The zero-order valence-corrected chi connectivity index (χ0v) is 11.7. The number of hydrogen-bond donors (Lipinski definition) is 1. The molecule has 0 aromatic heterocycles. The third kappa shape index (κ3) is 2.38. The summed E-state index contributed by atoms with van der Waals surface area (Å²) >= 11 is 0. The summed E-state index contributed by atoms with van der Waals surface area (Å²) in [4.78, 5) is 12.0. The van der Waals surface area contributed by atoms with Crippen molar-refractivity contribution in [3.63, 3.8) is 0 Å². The third-order valence-corrected chi connectivity index (χ3v) is 3.47. The van der Waals surface area contributed by atoms with Gasteiger partial charge in [-0.05, 0) is 25.5 Å². The van der Waals surface area contributed by atoms with Crippen molar-refractivity contribution in [2.45, 2.75) is 32.5 Å². The molecule has 0 saturated heterocycles. The topological polar surface area (TPSA) is 61.4 Å². The summed E-state index contributed by atoms with van der Waals surface area (Å²) in [5.41, 5.74) is 1.33. The van der Waals surface area contributed by atoms with Gasteiger partial charge in [-0.25, -0.2) is 4.79 Å². The number of esters is 1. The predicted molar refractivity (Wildman–Crippen MR) is 69.4 cm³/mol. The Bertz CT molecular complexity index is 487.